The van der Waals surface area contributed by atoms with Crippen molar-refractivity contribution in [3.8, 4) is 5.75 Å². The number of ether oxygens (including phenoxy) is 1. The molecule has 0 saturated heterocycles. The van der Waals surface area contributed by atoms with Crippen LogP contribution in [0.15, 0.2) is 35.7 Å². The number of hydrogen-bond acceptors (Lipinski definition) is 3. The van der Waals surface area contributed by atoms with E-state index < -0.39 is 0 Å². The summed E-state index contributed by atoms with van der Waals surface area (Å²) in [6.07, 6.45) is 4.06. The molecule has 1 aromatic carbocycles. The lowest BCUT2D eigenvalue weighted by Crippen LogP contribution is -2.13. The van der Waals surface area contributed by atoms with Gasteiger partial charge >= 0.3 is 0 Å². The summed E-state index contributed by atoms with van der Waals surface area (Å²) >= 11 is 1.48. The summed E-state index contributed by atoms with van der Waals surface area (Å²) in [6, 6.07) is 10.4. The summed E-state index contributed by atoms with van der Waals surface area (Å²) in [5.41, 5.74) is 2.79. The third kappa shape index (κ3) is 2.63. The van der Waals surface area contributed by atoms with Gasteiger partial charge in [0.25, 0.3) is 0 Å². The second-order valence-corrected chi connectivity index (χ2v) is 6.18. The number of thiophene rings is 1. The molecule has 1 heterocycles. The third-order valence-corrected chi connectivity index (χ3v) is 4.96. The zero-order valence-corrected chi connectivity index (χ0v) is 12.4. The van der Waals surface area contributed by atoms with E-state index in [9.17, 15) is 4.79 Å². The highest BCUT2D eigenvalue weighted by Gasteiger charge is 2.23. The molecule has 0 spiro atoms. The van der Waals surface area contributed by atoms with Crippen molar-refractivity contribution in [1.29, 1.82) is 0 Å². The minimum absolute atomic E-state index is 0.236. The van der Waals surface area contributed by atoms with Crippen molar-refractivity contribution < 1.29 is 9.53 Å². The Labute approximate surface area is 123 Å². The Morgan fingerprint density at radius 3 is 3.05 bits per heavy atom. The van der Waals surface area contributed by atoms with E-state index in [1.165, 1.54) is 28.9 Å². The van der Waals surface area contributed by atoms with Gasteiger partial charge in [-0.2, -0.15) is 0 Å². The Bertz CT molecular complexity index is 615. The summed E-state index contributed by atoms with van der Waals surface area (Å²) in [4.78, 5) is 13.2. The largest absolute Gasteiger partial charge is 0.496 e. The van der Waals surface area contributed by atoms with Gasteiger partial charge in [-0.3, -0.25) is 4.79 Å². The molecule has 1 aromatic heterocycles. The van der Waals surface area contributed by atoms with Crippen LogP contribution < -0.4 is 4.74 Å². The van der Waals surface area contributed by atoms with Crippen LogP contribution in [-0.2, 0) is 6.42 Å². The molecule has 0 saturated carbocycles. The average molecular weight is 286 g/mol. The molecule has 2 aromatic rings. The molecule has 2 nitrogen and oxygen atoms in total. The molecule has 1 aliphatic rings. The third-order valence-electron chi connectivity index (χ3n) is 4.01. The molecule has 1 unspecified atom stereocenters. The first-order valence-electron chi connectivity index (χ1n) is 7.01. The zero-order chi connectivity index (χ0) is 13.9. The van der Waals surface area contributed by atoms with Crippen molar-refractivity contribution in [2.45, 2.75) is 31.6 Å². The molecule has 3 heteroatoms. The quantitative estimate of drug-likeness (QED) is 0.776. The van der Waals surface area contributed by atoms with Crippen molar-refractivity contribution >= 4 is 17.1 Å². The van der Waals surface area contributed by atoms with Gasteiger partial charge in [0.2, 0.25) is 0 Å². The number of benzene rings is 1. The van der Waals surface area contributed by atoms with Crippen LogP contribution in [0.3, 0.4) is 0 Å². The molecule has 20 heavy (non-hydrogen) atoms. The van der Waals surface area contributed by atoms with E-state index in [0.717, 1.165) is 23.5 Å². The number of rotatable bonds is 4. The van der Waals surface area contributed by atoms with Crippen molar-refractivity contribution in [2.24, 2.45) is 0 Å². The highest BCUT2D eigenvalue weighted by molar-refractivity contribution is 7.12. The summed E-state index contributed by atoms with van der Waals surface area (Å²) in [6.45, 7) is 0. The Morgan fingerprint density at radius 1 is 1.40 bits per heavy atom. The molecule has 0 fully saturated rings. The Balaban J connectivity index is 1.77. The monoisotopic (exact) mass is 286 g/mol. The molecular weight excluding hydrogens is 268 g/mol. The molecule has 0 bridgehead atoms. The Hall–Kier alpha value is -1.61. The number of fused-ring (bicyclic) bond motifs is 1. The smallest absolute Gasteiger partial charge is 0.173 e. The first-order valence-corrected chi connectivity index (χ1v) is 7.89. The van der Waals surface area contributed by atoms with Crippen LogP contribution >= 0.6 is 11.3 Å². The summed E-state index contributed by atoms with van der Waals surface area (Å²) < 4.78 is 5.15. The number of aryl methyl sites for hydroxylation is 1. The number of hydrogen-bond donors (Lipinski definition) is 0. The van der Waals surface area contributed by atoms with Gasteiger partial charge in [-0.1, -0.05) is 24.3 Å². The fraction of sp³-hybridized carbons (Fsp3) is 0.353. The molecule has 0 aliphatic heterocycles. The fourth-order valence-electron chi connectivity index (χ4n) is 2.96. The SMILES string of the molecule is COc1csc(C(=O)CC2CCCc3ccccc32)c1. The lowest BCUT2D eigenvalue weighted by molar-refractivity contribution is 0.0975. The Morgan fingerprint density at radius 2 is 2.25 bits per heavy atom. The topological polar surface area (TPSA) is 26.3 Å². The van der Waals surface area contributed by atoms with Crippen molar-refractivity contribution in [3.63, 3.8) is 0 Å². The van der Waals surface area contributed by atoms with Gasteiger partial charge in [0.05, 0.1) is 12.0 Å². The minimum Gasteiger partial charge on any atom is -0.496 e. The average Bonchev–Trinajstić information content (AvgIpc) is 2.97. The van der Waals surface area contributed by atoms with E-state index in [0.29, 0.717) is 12.3 Å². The number of carbonyl (C=O) groups excluding carboxylic acids is 1. The van der Waals surface area contributed by atoms with Crippen molar-refractivity contribution in [3.05, 3.63) is 51.7 Å². The highest BCUT2D eigenvalue weighted by Crippen LogP contribution is 2.35. The first-order chi connectivity index (χ1) is 9.78. The summed E-state index contributed by atoms with van der Waals surface area (Å²) in [5, 5.41) is 1.89. The minimum atomic E-state index is 0.236. The van der Waals surface area contributed by atoms with E-state index in [-0.39, 0.29) is 5.78 Å². The molecule has 0 N–H and O–H groups in total. The van der Waals surface area contributed by atoms with Gasteiger partial charge in [0.1, 0.15) is 5.75 Å². The summed E-state index contributed by atoms with van der Waals surface area (Å²) in [7, 11) is 1.63. The Kier molecular flexibility index (Phi) is 3.88. The second-order valence-electron chi connectivity index (χ2n) is 5.27. The zero-order valence-electron chi connectivity index (χ0n) is 11.6. The number of methoxy groups -OCH3 is 1. The van der Waals surface area contributed by atoms with Crippen LogP contribution in [0, 0.1) is 0 Å². The normalized spacial score (nSPS) is 17.6. The number of Topliss-reactive ketones (excluding diaryl/α,β-unsaturated/α-hetero) is 1. The van der Waals surface area contributed by atoms with E-state index in [1.54, 1.807) is 7.11 Å². The van der Waals surface area contributed by atoms with Crippen molar-refractivity contribution in [1.82, 2.24) is 0 Å². The van der Waals surface area contributed by atoms with E-state index in [2.05, 4.69) is 24.3 Å². The predicted molar refractivity (Wildman–Crippen MR) is 81.9 cm³/mol. The summed E-state index contributed by atoms with van der Waals surface area (Å²) in [5.74, 6) is 1.39. The van der Waals surface area contributed by atoms with Crippen LogP contribution in [0.25, 0.3) is 0 Å². The maximum Gasteiger partial charge on any atom is 0.173 e. The van der Waals surface area contributed by atoms with Gasteiger partial charge < -0.3 is 4.74 Å². The lowest BCUT2D eigenvalue weighted by atomic mass is 9.80. The van der Waals surface area contributed by atoms with Crippen LogP contribution in [0.4, 0.5) is 0 Å². The van der Waals surface area contributed by atoms with Gasteiger partial charge in [0, 0.05) is 17.9 Å². The molecule has 3 rings (SSSR count). The van der Waals surface area contributed by atoms with E-state index >= 15 is 0 Å². The molecule has 0 amide bonds. The van der Waals surface area contributed by atoms with Gasteiger partial charge in [-0.25, -0.2) is 0 Å². The standard InChI is InChI=1S/C17H18O2S/c1-19-14-10-17(20-11-14)16(18)9-13-7-4-6-12-5-2-3-8-15(12)13/h2-3,5,8,10-11,13H,4,6-7,9H2,1H3. The molecule has 1 aliphatic carbocycles. The second kappa shape index (κ2) is 5.80. The maximum atomic E-state index is 12.4. The molecule has 1 atom stereocenters. The number of carbonyl (C=O) groups is 1. The lowest BCUT2D eigenvalue weighted by Gasteiger charge is -2.24. The highest BCUT2D eigenvalue weighted by atomic mass is 32.1. The van der Waals surface area contributed by atoms with Crippen LogP contribution in [0.2, 0.25) is 0 Å². The maximum absolute atomic E-state index is 12.4. The van der Waals surface area contributed by atoms with Crippen LogP contribution in [-0.4, -0.2) is 12.9 Å². The van der Waals surface area contributed by atoms with Gasteiger partial charge in [-0.05, 0) is 36.3 Å². The van der Waals surface area contributed by atoms with Crippen LogP contribution in [0.5, 0.6) is 5.75 Å². The van der Waals surface area contributed by atoms with Crippen molar-refractivity contribution in [2.75, 3.05) is 7.11 Å². The van der Waals surface area contributed by atoms with E-state index in [4.69, 9.17) is 4.74 Å². The van der Waals surface area contributed by atoms with Crippen LogP contribution in [0.1, 0.15) is 46.0 Å². The fourth-order valence-corrected chi connectivity index (χ4v) is 3.77. The molecular formula is C17H18O2S. The first kappa shape index (κ1) is 13.4. The molecule has 104 valence electrons. The van der Waals surface area contributed by atoms with Gasteiger partial charge in [0.15, 0.2) is 5.78 Å². The predicted octanol–water partition coefficient (Wildman–Crippen LogP) is 4.45. The molecule has 0 radical (unpaired) electrons. The van der Waals surface area contributed by atoms with Gasteiger partial charge in [-0.15, -0.1) is 11.3 Å². The number of ketones is 1. The van der Waals surface area contributed by atoms with E-state index in [1.807, 2.05) is 11.4 Å².